The normalized spacial score (nSPS) is 24.7. The molecule has 0 bridgehead atoms. The largest absolute Gasteiger partial charge is 0.453 e. The van der Waals surface area contributed by atoms with E-state index >= 15 is 0 Å². The van der Waals surface area contributed by atoms with Crippen molar-refractivity contribution >= 4 is 0 Å². The van der Waals surface area contributed by atoms with Gasteiger partial charge in [0.05, 0.1) is 19.8 Å². The van der Waals surface area contributed by atoms with Gasteiger partial charge in [0.2, 0.25) is 0 Å². The molecule has 8 heteroatoms. The third kappa shape index (κ3) is 4.88. The summed E-state index contributed by atoms with van der Waals surface area (Å²) in [5.41, 5.74) is 7.49. The van der Waals surface area contributed by atoms with Gasteiger partial charge in [0, 0.05) is 11.8 Å². The zero-order valence-corrected chi connectivity index (χ0v) is 19.8. The highest BCUT2D eigenvalue weighted by Gasteiger charge is 2.60. The van der Waals surface area contributed by atoms with Crippen molar-refractivity contribution in [2.45, 2.75) is 57.0 Å². The predicted octanol–water partition coefficient (Wildman–Crippen LogP) is 3.12. The number of aryl methyl sites for hydroxylation is 1. The van der Waals surface area contributed by atoms with Crippen LogP contribution in [0.4, 0.5) is 0 Å². The van der Waals surface area contributed by atoms with Gasteiger partial charge in [-0.25, -0.2) is 0 Å². The second kappa shape index (κ2) is 10.3. The van der Waals surface area contributed by atoms with Crippen LogP contribution < -0.4 is 16.0 Å². The van der Waals surface area contributed by atoms with Gasteiger partial charge in [-0.15, -0.1) is 0 Å². The van der Waals surface area contributed by atoms with Crippen LogP contribution in [0.15, 0.2) is 71.7 Å². The molecule has 3 heterocycles. The van der Waals surface area contributed by atoms with Gasteiger partial charge in [0.25, 0.3) is 5.56 Å². The zero-order chi connectivity index (χ0) is 24.3. The Hall–Kier alpha value is -3.04. The fraction of sp³-hybridized carbons (Fsp3) is 0.407. The molecule has 1 fully saturated rings. The minimum absolute atomic E-state index is 0.251. The Morgan fingerprint density at radius 3 is 2.43 bits per heavy atom. The summed E-state index contributed by atoms with van der Waals surface area (Å²) in [5, 5.41) is 0. The number of rotatable bonds is 10. The Balaban J connectivity index is 1.43. The Morgan fingerprint density at radius 2 is 1.74 bits per heavy atom. The predicted molar refractivity (Wildman–Crippen MR) is 130 cm³/mol. The summed E-state index contributed by atoms with van der Waals surface area (Å²) in [6, 6.07) is 20.3. The van der Waals surface area contributed by atoms with Crippen LogP contribution in [-0.2, 0) is 27.4 Å². The van der Waals surface area contributed by atoms with Crippen molar-refractivity contribution in [1.29, 1.82) is 0 Å². The lowest BCUT2D eigenvalue weighted by atomic mass is 9.90. The first kappa shape index (κ1) is 23.7. The first-order valence-electron chi connectivity index (χ1n) is 12.0. The Labute approximate surface area is 204 Å². The molecule has 1 aromatic heterocycles. The van der Waals surface area contributed by atoms with Crippen LogP contribution >= 0.6 is 0 Å². The number of nitrogens with two attached hydrogens (primary N) is 1. The molecule has 0 unspecified atom stereocenters. The van der Waals surface area contributed by atoms with E-state index in [0.29, 0.717) is 38.3 Å². The molecule has 8 nitrogen and oxygen atoms in total. The van der Waals surface area contributed by atoms with Crippen molar-refractivity contribution < 1.29 is 18.9 Å². The minimum atomic E-state index is -0.771. The molecule has 35 heavy (non-hydrogen) atoms. The highest BCUT2D eigenvalue weighted by molar-refractivity contribution is 5.19. The van der Waals surface area contributed by atoms with Crippen molar-refractivity contribution in [3.05, 3.63) is 93.9 Å². The topological polar surface area (TPSA) is 97.8 Å². The maximum atomic E-state index is 12.1. The fourth-order valence-corrected chi connectivity index (χ4v) is 4.82. The van der Waals surface area contributed by atoms with E-state index in [0.717, 1.165) is 17.5 Å². The number of ether oxygens (including phenoxy) is 4. The van der Waals surface area contributed by atoms with E-state index in [1.807, 2.05) is 60.7 Å². The number of hydrogen-bond acceptors (Lipinski definition) is 7. The van der Waals surface area contributed by atoms with Gasteiger partial charge in [0.15, 0.2) is 12.3 Å². The number of fused-ring (bicyclic) bond motifs is 3. The molecule has 2 aromatic carbocycles. The maximum Gasteiger partial charge on any atom is 0.302 e. The molecule has 0 radical (unpaired) electrons. The summed E-state index contributed by atoms with van der Waals surface area (Å²) in [4.78, 5) is 16.2. The molecule has 0 saturated carbocycles. The number of aromatic nitrogens is 2. The quantitative estimate of drug-likeness (QED) is 0.479. The van der Waals surface area contributed by atoms with Gasteiger partial charge in [-0.2, -0.15) is 4.98 Å². The summed E-state index contributed by atoms with van der Waals surface area (Å²) in [6.45, 7) is 3.43. The molecular formula is C27H31N3O5. The summed E-state index contributed by atoms with van der Waals surface area (Å²) in [6.07, 6.45) is 1.74. The molecule has 0 spiro atoms. The van der Waals surface area contributed by atoms with Crippen molar-refractivity contribution in [1.82, 2.24) is 9.55 Å². The van der Waals surface area contributed by atoms with Gasteiger partial charge in [-0.05, 0) is 37.4 Å². The molecule has 4 atom stereocenters. The highest BCUT2D eigenvalue weighted by atomic mass is 16.7. The van der Waals surface area contributed by atoms with Gasteiger partial charge in [0.1, 0.15) is 11.7 Å². The van der Waals surface area contributed by atoms with Crippen molar-refractivity contribution in [3.63, 3.8) is 0 Å². The lowest BCUT2D eigenvalue weighted by Gasteiger charge is -2.35. The van der Waals surface area contributed by atoms with E-state index in [1.165, 1.54) is 0 Å². The van der Waals surface area contributed by atoms with Crippen LogP contribution in [0.1, 0.15) is 35.8 Å². The third-order valence-corrected chi connectivity index (χ3v) is 6.59. The molecule has 0 amide bonds. The van der Waals surface area contributed by atoms with E-state index in [9.17, 15) is 4.79 Å². The summed E-state index contributed by atoms with van der Waals surface area (Å²) >= 11 is 0. The molecule has 184 valence electrons. The van der Waals surface area contributed by atoms with E-state index in [1.54, 1.807) is 17.7 Å². The van der Waals surface area contributed by atoms with E-state index < -0.39 is 24.0 Å². The average Bonchev–Trinajstić information content (AvgIpc) is 3.35. The second-order valence-corrected chi connectivity index (χ2v) is 9.16. The lowest BCUT2D eigenvalue weighted by molar-refractivity contribution is -0.163. The summed E-state index contributed by atoms with van der Waals surface area (Å²) in [7, 11) is 0. The van der Waals surface area contributed by atoms with Crippen molar-refractivity contribution in [3.8, 4) is 6.01 Å². The van der Waals surface area contributed by atoms with Gasteiger partial charge < -0.3 is 24.7 Å². The monoisotopic (exact) mass is 477 g/mol. The minimum Gasteiger partial charge on any atom is -0.453 e. The molecule has 2 N–H and O–H groups in total. The first-order chi connectivity index (χ1) is 17.1. The maximum absolute atomic E-state index is 12.1. The number of benzene rings is 2. The number of hydrogen-bond donors (Lipinski definition) is 1. The van der Waals surface area contributed by atoms with Crippen molar-refractivity contribution in [2.75, 3.05) is 13.2 Å². The van der Waals surface area contributed by atoms with Gasteiger partial charge in [-0.1, -0.05) is 60.7 Å². The van der Waals surface area contributed by atoms with Crippen molar-refractivity contribution in [2.24, 2.45) is 5.73 Å². The molecule has 5 rings (SSSR count). The zero-order valence-electron chi connectivity index (χ0n) is 19.8. The van der Waals surface area contributed by atoms with E-state index in [2.05, 4.69) is 4.98 Å². The summed E-state index contributed by atoms with van der Waals surface area (Å²) < 4.78 is 27.4. The third-order valence-electron chi connectivity index (χ3n) is 6.59. The van der Waals surface area contributed by atoms with Crippen LogP contribution in [0.5, 0.6) is 6.01 Å². The Bertz CT molecular complexity index is 1190. The summed E-state index contributed by atoms with van der Waals surface area (Å²) in [5.74, 6) is 0. The van der Waals surface area contributed by atoms with Gasteiger partial charge >= 0.3 is 6.01 Å². The SMILES string of the molecule is Cc1cn2c(nc1=O)O[C@@H]1[C@H]2O[C@](CCCN)(COCc2ccccc2)[C@H]1OCc1ccccc1. The van der Waals surface area contributed by atoms with Crippen LogP contribution in [0.3, 0.4) is 0 Å². The first-order valence-corrected chi connectivity index (χ1v) is 12.0. The van der Waals surface area contributed by atoms with E-state index in [-0.39, 0.29) is 11.6 Å². The molecule has 0 aliphatic carbocycles. The van der Waals surface area contributed by atoms with Crippen LogP contribution in [-0.4, -0.2) is 40.5 Å². The average molecular weight is 478 g/mol. The Morgan fingerprint density at radius 1 is 1.06 bits per heavy atom. The fourth-order valence-electron chi connectivity index (χ4n) is 4.82. The Kier molecular flexibility index (Phi) is 6.97. The molecule has 3 aromatic rings. The lowest BCUT2D eigenvalue weighted by Crippen LogP contribution is -2.50. The molecular weight excluding hydrogens is 446 g/mol. The standard InChI is InChI=1S/C27H31N3O5/c1-19-15-30-25-22(34-26(30)29-24(19)31)23(33-17-21-11-6-3-7-12-21)27(35-25,13-8-14-28)18-32-16-20-9-4-2-5-10-20/h2-7,9-12,15,22-23,25H,8,13-14,16-18,28H2,1H3/t22-,23-,25+,27+/m0/s1. The van der Waals surface area contributed by atoms with E-state index in [4.69, 9.17) is 24.7 Å². The molecule has 2 aliphatic rings. The molecule has 1 saturated heterocycles. The molecule has 2 aliphatic heterocycles. The second-order valence-electron chi connectivity index (χ2n) is 9.16. The van der Waals surface area contributed by atoms with Crippen LogP contribution in [0.2, 0.25) is 0 Å². The van der Waals surface area contributed by atoms with Crippen LogP contribution in [0, 0.1) is 6.92 Å². The van der Waals surface area contributed by atoms with Crippen LogP contribution in [0.25, 0.3) is 0 Å². The highest BCUT2D eigenvalue weighted by Crippen LogP contribution is 2.48. The number of nitrogens with zero attached hydrogens (tertiary/aromatic N) is 2. The van der Waals surface area contributed by atoms with Gasteiger partial charge in [-0.3, -0.25) is 9.36 Å². The smallest absolute Gasteiger partial charge is 0.302 e.